The van der Waals surface area contributed by atoms with E-state index in [1.807, 2.05) is 43.3 Å². The van der Waals surface area contributed by atoms with Gasteiger partial charge in [0.05, 0.1) is 13.2 Å². The van der Waals surface area contributed by atoms with Gasteiger partial charge in [-0.15, -0.1) is 0 Å². The summed E-state index contributed by atoms with van der Waals surface area (Å²) >= 11 is 0. The zero-order valence-electron chi connectivity index (χ0n) is 13.8. The molecular weight excluding hydrogens is 296 g/mol. The first-order valence-electron chi connectivity index (χ1n) is 7.28. The molecule has 0 bridgehead atoms. The Morgan fingerprint density at radius 2 is 2.13 bits per heavy atom. The summed E-state index contributed by atoms with van der Waals surface area (Å²) in [4.78, 5) is 14.0. The molecule has 0 aliphatic heterocycles. The molecule has 124 valence electrons. The molecule has 0 radical (unpaired) electrons. The second-order valence-electron chi connectivity index (χ2n) is 5.38. The highest BCUT2D eigenvalue weighted by atomic mass is 16.5. The number of nitrogens with zero attached hydrogens (tertiary/aromatic N) is 2. The van der Waals surface area contributed by atoms with Gasteiger partial charge in [-0.05, 0) is 27.1 Å². The molecule has 7 heteroatoms. The lowest BCUT2D eigenvalue weighted by molar-refractivity contribution is 0.241. The number of carbonyl (C=O) groups excluding carboxylic acids is 1. The van der Waals surface area contributed by atoms with Crippen LogP contribution in [0.4, 0.5) is 10.6 Å². The third-order valence-electron chi connectivity index (χ3n) is 3.45. The summed E-state index contributed by atoms with van der Waals surface area (Å²) in [5, 5.41) is 9.20. The summed E-state index contributed by atoms with van der Waals surface area (Å²) in [6, 6.07) is 9.07. The van der Waals surface area contributed by atoms with Crippen molar-refractivity contribution in [3.05, 3.63) is 41.7 Å². The van der Waals surface area contributed by atoms with Gasteiger partial charge in [0.25, 0.3) is 0 Å². The summed E-state index contributed by atoms with van der Waals surface area (Å²) in [5.74, 6) is 1.82. The van der Waals surface area contributed by atoms with E-state index in [0.717, 1.165) is 11.3 Å². The Labute approximate surface area is 135 Å². The van der Waals surface area contributed by atoms with Crippen LogP contribution in [0.1, 0.15) is 17.4 Å². The van der Waals surface area contributed by atoms with Crippen LogP contribution in [0.2, 0.25) is 0 Å². The lowest BCUT2D eigenvalue weighted by Crippen LogP contribution is -2.37. The number of hydrogen-bond donors (Lipinski definition) is 2. The number of benzene rings is 1. The second kappa shape index (κ2) is 7.64. The van der Waals surface area contributed by atoms with Crippen molar-refractivity contribution in [1.82, 2.24) is 15.4 Å². The van der Waals surface area contributed by atoms with Crippen molar-refractivity contribution in [1.29, 1.82) is 0 Å². The smallest absolute Gasteiger partial charge is 0.320 e. The van der Waals surface area contributed by atoms with Crippen molar-refractivity contribution in [3.8, 4) is 5.75 Å². The maximum Gasteiger partial charge on any atom is 0.320 e. The number of ether oxygens (including phenoxy) is 1. The predicted octanol–water partition coefficient (Wildman–Crippen LogP) is 2.42. The van der Waals surface area contributed by atoms with Crippen LogP contribution in [0.5, 0.6) is 5.75 Å². The van der Waals surface area contributed by atoms with Gasteiger partial charge in [0, 0.05) is 18.2 Å². The molecule has 0 unspecified atom stereocenters. The molecule has 2 aromatic rings. The Balaban J connectivity index is 2.01. The molecular formula is C16H22N4O3. The number of aromatic nitrogens is 1. The van der Waals surface area contributed by atoms with E-state index in [4.69, 9.17) is 9.26 Å². The van der Waals surface area contributed by atoms with E-state index in [2.05, 4.69) is 15.8 Å². The summed E-state index contributed by atoms with van der Waals surface area (Å²) in [7, 11) is 5.55. The maximum absolute atomic E-state index is 12.0. The van der Waals surface area contributed by atoms with Crippen molar-refractivity contribution < 1.29 is 14.1 Å². The van der Waals surface area contributed by atoms with E-state index in [-0.39, 0.29) is 12.1 Å². The normalized spacial score (nSPS) is 12.0. The molecule has 1 heterocycles. The van der Waals surface area contributed by atoms with Crippen molar-refractivity contribution in [3.63, 3.8) is 0 Å². The standard InChI is InChI=1S/C16H22N4O3/c1-11-9-15(19-23-11)18-16(21)17-10-13(20(2)3)12-7-5-6-8-14(12)22-4/h5-9,13H,10H2,1-4H3,(H2,17,18,19,21)/t13-/m1/s1. The van der Waals surface area contributed by atoms with Gasteiger partial charge in [-0.3, -0.25) is 5.32 Å². The highest BCUT2D eigenvalue weighted by Crippen LogP contribution is 2.27. The summed E-state index contributed by atoms with van der Waals surface area (Å²) in [6.07, 6.45) is 0. The number of rotatable bonds is 6. The molecule has 2 N–H and O–H groups in total. The molecule has 0 fully saturated rings. The zero-order chi connectivity index (χ0) is 16.8. The Kier molecular flexibility index (Phi) is 5.59. The van der Waals surface area contributed by atoms with Crippen LogP contribution in [-0.2, 0) is 0 Å². The van der Waals surface area contributed by atoms with E-state index in [0.29, 0.717) is 18.1 Å². The van der Waals surface area contributed by atoms with Crippen molar-refractivity contribution >= 4 is 11.8 Å². The average Bonchev–Trinajstić information content (AvgIpc) is 2.92. The molecule has 0 aliphatic carbocycles. The Hall–Kier alpha value is -2.54. The fourth-order valence-corrected chi connectivity index (χ4v) is 2.29. The monoisotopic (exact) mass is 318 g/mol. The number of methoxy groups -OCH3 is 1. The molecule has 0 saturated carbocycles. The minimum atomic E-state index is -0.333. The van der Waals surface area contributed by atoms with Gasteiger partial charge in [-0.25, -0.2) is 4.79 Å². The van der Waals surface area contributed by atoms with Gasteiger partial charge >= 0.3 is 6.03 Å². The highest BCUT2D eigenvalue weighted by molar-refractivity contribution is 5.88. The lowest BCUT2D eigenvalue weighted by Gasteiger charge is -2.26. The third-order valence-corrected chi connectivity index (χ3v) is 3.45. The number of carbonyl (C=O) groups is 1. The van der Waals surface area contributed by atoms with Crippen LogP contribution in [0.15, 0.2) is 34.9 Å². The quantitative estimate of drug-likeness (QED) is 0.855. The van der Waals surface area contributed by atoms with Crippen LogP contribution in [-0.4, -0.2) is 43.8 Å². The van der Waals surface area contributed by atoms with E-state index >= 15 is 0 Å². The topological polar surface area (TPSA) is 79.6 Å². The van der Waals surface area contributed by atoms with Crippen LogP contribution >= 0.6 is 0 Å². The molecule has 0 spiro atoms. The molecule has 7 nitrogen and oxygen atoms in total. The zero-order valence-corrected chi connectivity index (χ0v) is 13.8. The molecule has 1 atom stereocenters. The van der Waals surface area contributed by atoms with Gasteiger partial charge in [-0.1, -0.05) is 23.4 Å². The van der Waals surface area contributed by atoms with E-state index in [1.165, 1.54) is 0 Å². The van der Waals surface area contributed by atoms with Gasteiger partial charge in [0.2, 0.25) is 0 Å². The van der Waals surface area contributed by atoms with Crippen molar-refractivity contribution in [2.45, 2.75) is 13.0 Å². The van der Waals surface area contributed by atoms with Crippen LogP contribution in [0.25, 0.3) is 0 Å². The largest absolute Gasteiger partial charge is 0.496 e. The molecule has 1 aromatic carbocycles. The number of anilines is 1. The molecule has 23 heavy (non-hydrogen) atoms. The van der Waals surface area contributed by atoms with E-state index < -0.39 is 0 Å². The van der Waals surface area contributed by atoms with Crippen LogP contribution < -0.4 is 15.4 Å². The number of aryl methyl sites for hydroxylation is 1. The second-order valence-corrected chi connectivity index (χ2v) is 5.38. The molecule has 2 amide bonds. The average molecular weight is 318 g/mol. The number of nitrogens with one attached hydrogen (secondary N) is 2. The number of amides is 2. The molecule has 1 aromatic heterocycles. The number of hydrogen-bond acceptors (Lipinski definition) is 5. The minimum Gasteiger partial charge on any atom is -0.496 e. The summed E-state index contributed by atoms with van der Waals surface area (Å²) in [5.41, 5.74) is 1.01. The Bertz CT molecular complexity index is 654. The van der Waals surface area contributed by atoms with Crippen LogP contribution in [0.3, 0.4) is 0 Å². The highest BCUT2D eigenvalue weighted by Gasteiger charge is 2.19. The Morgan fingerprint density at radius 3 is 2.74 bits per heavy atom. The molecule has 0 aliphatic rings. The molecule has 2 rings (SSSR count). The van der Waals surface area contributed by atoms with Crippen LogP contribution in [0, 0.1) is 6.92 Å². The van der Waals surface area contributed by atoms with Gasteiger partial charge in [-0.2, -0.15) is 0 Å². The number of para-hydroxylation sites is 1. The third kappa shape index (κ3) is 4.46. The van der Waals surface area contributed by atoms with E-state index in [1.54, 1.807) is 20.1 Å². The summed E-state index contributed by atoms with van der Waals surface area (Å²) in [6.45, 7) is 2.19. The van der Waals surface area contributed by atoms with Crippen molar-refractivity contribution in [2.24, 2.45) is 0 Å². The van der Waals surface area contributed by atoms with Gasteiger partial charge < -0.3 is 19.5 Å². The van der Waals surface area contributed by atoms with Gasteiger partial charge in [0.15, 0.2) is 5.82 Å². The van der Waals surface area contributed by atoms with Crippen molar-refractivity contribution in [2.75, 3.05) is 33.1 Å². The molecule has 0 saturated heterocycles. The maximum atomic E-state index is 12.0. The Morgan fingerprint density at radius 1 is 1.39 bits per heavy atom. The van der Waals surface area contributed by atoms with E-state index in [9.17, 15) is 4.79 Å². The SMILES string of the molecule is COc1ccccc1[C@@H](CNC(=O)Nc1cc(C)on1)N(C)C. The predicted molar refractivity (Wildman–Crippen MR) is 87.7 cm³/mol. The minimum absolute atomic E-state index is 0.0176. The first-order valence-corrected chi connectivity index (χ1v) is 7.28. The first-order chi connectivity index (χ1) is 11.0. The fourth-order valence-electron chi connectivity index (χ4n) is 2.29. The summed E-state index contributed by atoms with van der Waals surface area (Å²) < 4.78 is 10.3. The number of likely N-dealkylation sites (N-methyl/N-ethyl adjacent to an activating group) is 1. The first kappa shape index (κ1) is 16.8. The fraction of sp³-hybridized carbons (Fsp3) is 0.375. The number of urea groups is 1. The van der Waals surface area contributed by atoms with Gasteiger partial charge in [0.1, 0.15) is 11.5 Å². The lowest BCUT2D eigenvalue weighted by atomic mass is 10.0.